The van der Waals surface area contributed by atoms with Crippen LogP contribution in [0.5, 0.6) is 0 Å². The molecule has 1 N–H and O–H groups in total. The van der Waals surface area contributed by atoms with Gasteiger partial charge in [0, 0.05) is 32.0 Å². The molecule has 0 atom stereocenters. The number of anilines is 1. The number of hydrogen-bond acceptors (Lipinski definition) is 2. The van der Waals surface area contributed by atoms with Crippen LogP contribution in [0.15, 0.2) is 66.9 Å². The number of aryl methyl sites for hydroxylation is 1. The van der Waals surface area contributed by atoms with Crippen molar-refractivity contribution in [1.29, 1.82) is 0 Å². The second-order valence-corrected chi connectivity index (χ2v) is 8.58. The lowest BCUT2D eigenvalue weighted by molar-refractivity contribution is -0.133. The maximum Gasteiger partial charge on any atom is 0.322 e. The molecule has 0 unspecified atom stereocenters. The van der Waals surface area contributed by atoms with E-state index in [9.17, 15) is 9.59 Å². The highest BCUT2D eigenvalue weighted by Gasteiger charge is 2.23. The summed E-state index contributed by atoms with van der Waals surface area (Å²) in [5.41, 5.74) is 2.45. The van der Waals surface area contributed by atoms with Crippen LogP contribution in [0.1, 0.15) is 24.6 Å². The maximum atomic E-state index is 13.4. The molecule has 0 spiro atoms. The molecular weight excluding hydrogens is 459 g/mol. The summed E-state index contributed by atoms with van der Waals surface area (Å²) in [4.78, 5) is 29.7. The number of amides is 3. The average molecular weight is 487 g/mol. The molecule has 0 aliphatic heterocycles. The number of hydrogen-bond donors (Lipinski definition) is 1. The van der Waals surface area contributed by atoms with Gasteiger partial charge in [-0.3, -0.25) is 4.79 Å². The Labute approximate surface area is 204 Å². The van der Waals surface area contributed by atoms with Crippen molar-refractivity contribution in [3.05, 3.63) is 88.2 Å². The van der Waals surface area contributed by atoms with Crippen LogP contribution in [0.25, 0.3) is 0 Å². The molecule has 0 aliphatic rings. The van der Waals surface area contributed by atoms with Gasteiger partial charge in [-0.05, 0) is 36.2 Å². The number of benzene rings is 2. The highest BCUT2D eigenvalue weighted by atomic mass is 35.5. The number of nitrogens with zero attached hydrogens (tertiary/aromatic N) is 3. The van der Waals surface area contributed by atoms with Crippen molar-refractivity contribution >= 4 is 40.8 Å². The Morgan fingerprint density at radius 2 is 1.70 bits per heavy atom. The van der Waals surface area contributed by atoms with Crippen molar-refractivity contribution in [3.63, 3.8) is 0 Å². The largest absolute Gasteiger partial charge is 0.353 e. The highest BCUT2D eigenvalue weighted by Crippen LogP contribution is 2.29. The number of urea groups is 1. The summed E-state index contributed by atoms with van der Waals surface area (Å²) in [6.45, 7) is 3.24. The van der Waals surface area contributed by atoms with Gasteiger partial charge in [0.2, 0.25) is 5.91 Å². The van der Waals surface area contributed by atoms with Crippen LogP contribution in [-0.2, 0) is 24.9 Å². The zero-order valence-corrected chi connectivity index (χ0v) is 20.3. The number of halogens is 2. The maximum absolute atomic E-state index is 13.4. The Bertz CT molecular complexity index is 1090. The predicted octanol–water partition coefficient (Wildman–Crippen LogP) is 5.80. The summed E-state index contributed by atoms with van der Waals surface area (Å²) in [7, 11) is 1.95. The van der Waals surface area contributed by atoms with E-state index in [0.29, 0.717) is 36.8 Å². The normalized spacial score (nSPS) is 10.7. The van der Waals surface area contributed by atoms with Crippen molar-refractivity contribution in [3.8, 4) is 0 Å². The van der Waals surface area contributed by atoms with Gasteiger partial charge in [0.25, 0.3) is 0 Å². The Morgan fingerprint density at radius 3 is 2.36 bits per heavy atom. The molecule has 1 aromatic heterocycles. The van der Waals surface area contributed by atoms with E-state index in [1.165, 1.54) is 4.90 Å². The van der Waals surface area contributed by atoms with Gasteiger partial charge >= 0.3 is 6.03 Å². The molecule has 0 aliphatic carbocycles. The topological polar surface area (TPSA) is 57.6 Å². The molecule has 8 heteroatoms. The fourth-order valence-corrected chi connectivity index (χ4v) is 3.82. The minimum atomic E-state index is -0.395. The van der Waals surface area contributed by atoms with E-state index in [1.54, 1.807) is 23.1 Å². The molecule has 0 saturated carbocycles. The number of carbonyl (C=O) groups excluding carboxylic acids is 2. The number of carbonyl (C=O) groups is 2. The first-order valence-electron chi connectivity index (χ1n) is 10.8. The van der Waals surface area contributed by atoms with E-state index in [-0.39, 0.29) is 17.5 Å². The van der Waals surface area contributed by atoms with Gasteiger partial charge in [0.1, 0.15) is 6.54 Å². The molecule has 1 heterocycles. The summed E-state index contributed by atoms with van der Waals surface area (Å²) in [6, 6.07) is 18.4. The molecule has 3 rings (SSSR count). The van der Waals surface area contributed by atoms with Crippen molar-refractivity contribution < 1.29 is 9.59 Å². The standard InChI is InChI=1S/C25H28Cl2N4O2/c1-3-14-30(25(33)28-22-13-7-12-21(26)24(22)27)18-23(32)31(16-19-9-5-4-6-10-19)17-20-11-8-15-29(20)2/h4-13,15H,3,14,16-18H2,1-2H3,(H,28,33). The van der Waals surface area contributed by atoms with Gasteiger partial charge in [0.15, 0.2) is 0 Å². The van der Waals surface area contributed by atoms with Gasteiger partial charge in [0.05, 0.1) is 22.3 Å². The molecule has 3 amide bonds. The fraction of sp³-hybridized carbons (Fsp3) is 0.280. The Hall–Kier alpha value is -2.96. The molecule has 174 valence electrons. The van der Waals surface area contributed by atoms with E-state index >= 15 is 0 Å². The quantitative estimate of drug-likeness (QED) is 0.415. The third-order valence-electron chi connectivity index (χ3n) is 5.27. The van der Waals surface area contributed by atoms with Gasteiger partial charge < -0.3 is 19.7 Å². The predicted molar refractivity (Wildman–Crippen MR) is 133 cm³/mol. The lowest BCUT2D eigenvalue weighted by Gasteiger charge is -2.28. The van der Waals surface area contributed by atoms with Crippen molar-refractivity contribution in [2.75, 3.05) is 18.4 Å². The van der Waals surface area contributed by atoms with E-state index in [0.717, 1.165) is 11.3 Å². The van der Waals surface area contributed by atoms with Crippen molar-refractivity contribution in [2.45, 2.75) is 26.4 Å². The van der Waals surface area contributed by atoms with Gasteiger partial charge in [-0.1, -0.05) is 66.5 Å². The van der Waals surface area contributed by atoms with Crippen LogP contribution in [0.2, 0.25) is 10.0 Å². The van der Waals surface area contributed by atoms with Crippen molar-refractivity contribution in [2.24, 2.45) is 7.05 Å². The average Bonchev–Trinajstić information content (AvgIpc) is 3.21. The van der Waals surface area contributed by atoms with Crippen LogP contribution in [0, 0.1) is 0 Å². The number of aromatic nitrogens is 1. The molecule has 3 aromatic rings. The highest BCUT2D eigenvalue weighted by molar-refractivity contribution is 6.43. The number of rotatable bonds is 9. The van der Waals surface area contributed by atoms with Crippen molar-refractivity contribution in [1.82, 2.24) is 14.4 Å². The first kappa shape index (κ1) is 24.7. The zero-order chi connectivity index (χ0) is 23.8. The van der Waals surface area contributed by atoms with E-state index in [4.69, 9.17) is 23.2 Å². The lowest BCUT2D eigenvalue weighted by Crippen LogP contribution is -2.44. The smallest absolute Gasteiger partial charge is 0.322 e. The molecule has 6 nitrogen and oxygen atoms in total. The van der Waals surface area contributed by atoms with Crippen LogP contribution >= 0.6 is 23.2 Å². The third-order valence-corrected chi connectivity index (χ3v) is 6.09. The molecule has 0 saturated heterocycles. The van der Waals surface area contributed by atoms with Gasteiger partial charge in [-0.15, -0.1) is 0 Å². The van der Waals surface area contributed by atoms with Crippen LogP contribution in [-0.4, -0.2) is 39.4 Å². The fourth-order valence-electron chi connectivity index (χ4n) is 3.47. The zero-order valence-electron chi connectivity index (χ0n) is 18.8. The summed E-state index contributed by atoms with van der Waals surface area (Å²) in [5, 5.41) is 3.40. The molecule has 0 radical (unpaired) electrons. The Morgan fingerprint density at radius 1 is 0.939 bits per heavy atom. The summed E-state index contributed by atoms with van der Waals surface area (Å²) < 4.78 is 1.99. The molecule has 33 heavy (non-hydrogen) atoms. The van der Waals surface area contributed by atoms with Crippen LogP contribution in [0.4, 0.5) is 10.5 Å². The molecule has 2 aromatic carbocycles. The SMILES string of the molecule is CCCN(CC(=O)N(Cc1ccccc1)Cc1cccn1C)C(=O)Nc1cccc(Cl)c1Cl. The summed E-state index contributed by atoms with van der Waals surface area (Å²) in [5.74, 6) is -0.138. The third kappa shape index (κ3) is 6.76. The van der Waals surface area contributed by atoms with E-state index < -0.39 is 6.03 Å². The second-order valence-electron chi connectivity index (χ2n) is 7.80. The Balaban J connectivity index is 1.77. The minimum Gasteiger partial charge on any atom is -0.353 e. The van der Waals surface area contributed by atoms with Crippen LogP contribution in [0.3, 0.4) is 0 Å². The Kier molecular flexibility index (Phi) is 8.80. The first-order chi connectivity index (χ1) is 15.9. The van der Waals surface area contributed by atoms with E-state index in [1.807, 2.05) is 67.2 Å². The van der Waals surface area contributed by atoms with E-state index in [2.05, 4.69) is 5.32 Å². The van der Waals surface area contributed by atoms with Gasteiger partial charge in [-0.25, -0.2) is 4.79 Å². The lowest BCUT2D eigenvalue weighted by atomic mass is 10.2. The van der Waals surface area contributed by atoms with Crippen LogP contribution < -0.4 is 5.32 Å². The molecule has 0 bridgehead atoms. The summed E-state index contributed by atoms with van der Waals surface area (Å²) >= 11 is 12.3. The molecular formula is C25H28Cl2N4O2. The minimum absolute atomic E-state index is 0.0465. The summed E-state index contributed by atoms with van der Waals surface area (Å²) in [6.07, 6.45) is 2.66. The second kappa shape index (κ2) is 11.8. The molecule has 0 fully saturated rings. The first-order valence-corrected chi connectivity index (χ1v) is 11.6. The number of nitrogens with one attached hydrogen (secondary N) is 1. The van der Waals surface area contributed by atoms with Gasteiger partial charge in [-0.2, -0.15) is 0 Å². The monoisotopic (exact) mass is 486 g/mol.